The van der Waals surface area contributed by atoms with Crippen LogP contribution in [-0.2, 0) is 17.8 Å². The van der Waals surface area contributed by atoms with E-state index in [4.69, 9.17) is 4.42 Å². The largest absolute Gasteiger partial charge is 0.467 e. The number of rotatable bonds is 6. The highest BCUT2D eigenvalue weighted by Crippen LogP contribution is 2.26. The predicted octanol–water partition coefficient (Wildman–Crippen LogP) is 3.60. The van der Waals surface area contributed by atoms with Gasteiger partial charge < -0.3 is 20.0 Å². The van der Waals surface area contributed by atoms with Crippen molar-refractivity contribution in [2.75, 3.05) is 23.3 Å². The Morgan fingerprint density at radius 2 is 1.93 bits per heavy atom. The fourth-order valence-electron chi connectivity index (χ4n) is 3.57. The molecule has 0 unspecified atom stereocenters. The van der Waals surface area contributed by atoms with Crippen molar-refractivity contribution < 1.29 is 14.0 Å². The molecule has 29 heavy (non-hydrogen) atoms. The van der Waals surface area contributed by atoms with Gasteiger partial charge in [-0.15, -0.1) is 0 Å². The minimum absolute atomic E-state index is 0.102. The lowest BCUT2D eigenvalue weighted by Gasteiger charge is -2.30. The van der Waals surface area contributed by atoms with Crippen molar-refractivity contribution in [1.29, 1.82) is 0 Å². The molecule has 0 spiro atoms. The molecular formula is C23H23N3O3. The smallest absolute Gasteiger partial charge is 0.251 e. The van der Waals surface area contributed by atoms with Crippen LogP contribution in [0.3, 0.4) is 0 Å². The quantitative estimate of drug-likeness (QED) is 0.676. The summed E-state index contributed by atoms with van der Waals surface area (Å²) in [6.07, 6.45) is 3.65. The van der Waals surface area contributed by atoms with Crippen molar-refractivity contribution in [1.82, 2.24) is 5.32 Å². The fourth-order valence-corrected chi connectivity index (χ4v) is 3.57. The maximum Gasteiger partial charge on any atom is 0.251 e. The highest BCUT2D eigenvalue weighted by Gasteiger charge is 2.18. The van der Waals surface area contributed by atoms with Gasteiger partial charge in [0.05, 0.1) is 19.4 Å². The van der Waals surface area contributed by atoms with Gasteiger partial charge in [-0.3, -0.25) is 9.59 Å². The number of hydrogen-bond acceptors (Lipinski definition) is 4. The van der Waals surface area contributed by atoms with E-state index in [1.165, 1.54) is 5.56 Å². The molecule has 2 N–H and O–H groups in total. The Bertz CT molecular complexity index is 998. The molecule has 6 nitrogen and oxygen atoms in total. The molecule has 0 saturated carbocycles. The topological polar surface area (TPSA) is 74.6 Å². The SMILES string of the molecule is O=C(CN1CCCc2ccccc21)Nc1cccc(C(=O)NCc2ccco2)c1. The van der Waals surface area contributed by atoms with E-state index in [2.05, 4.69) is 27.7 Å². The molecule has 4 rings (SSSR count). The van der Waals surface area contributed by atoms with E-state index >= 15 is 0 Å². The van der Waals surface area contributed by atoms with E-state index in [0.717, 1.165) is 25.1 Å². The zero-order valence-electron chi connectivity index (χ0n) is 16.1. The number of fused-ring (bicyclic) bond motifs is 1. The van der Waals surface area contributed by atoms with Crippen LogP contribution >= 0.6 is 0 Å². The first-order valence-electron chi connectivity index (χ1n) is 9.72. The Balaban J connectivity index is 1.36. The molecule has 0 atom stereocenters. The minimum Gasteiger partial charge on any atom is -0.467 e. The van der Waals surface area contributed by atoms with E-state index in [9.17, 15) is 9.59 Å². The van der Waals surface area contributed by atoms with Crippen molar-refractivity contribution in [3.63, 3.8) is 0 Å². The predicted molar refractivity (Wildman–Crippen MR) is 112 cm³/mol. The average molecular weight is 389 g/mol. The molecular weight excluding hydrogens is 366 g/mol. The molecule has 1 aliphatic heterocycles. The fraction of sp³-hybridized carbons (Fsp3) is 0.217. The Morgan fingerprint density at radius 1 is 1.03 bits per heavy atom. The highest BCUT2D eigenvalue weighted by atomic mass is 16.3. The first-order valence-corrected chi connectivity index (χ1v) is 9.72. The van der Waals surface area contributed by atoms with Gasteiger partial charge in [-0.2, -0.15) is 0 Å². The van der Waals surface area contributed by atoms with Crippen LogP contribution < -0.4 is 15.5 Å². The summed E-state index contributed by atoms with van der Waals surface area (Å²) in [6.45, 7) is 1.46. The Kier molecular flexibility index (Phi) is 5.61. The van der Waals surface area contributed by atoms with E-state index in [1.54, 1.807) is 42.7 Å². The maximum absolute atomic E-state index is 12.6. The zero-order valence-corrected chi connectivity index (χ0v) is 16.1. The van der Waals surface area contributed by atoms with Crippen LogP contribution in [0.15, 0.2) is 71.3 Å². The molecule has 2 aromatic carbocycles. The van der Waals surface area contributed by atoms with Crippen molar-refractivity contribution >= 4 is 23.2 Å². The van der Waals surface area contributed by atoms with Gasteiger partial charge in [0.15, 0.2) is 0 Å². The molecule has 2 heterocycles. The van der Waals surface area contributed by atoms with Crippen LogP contribution in [0.5, 0.6) is 0 Å². The standard InChI is InChI=1S/C23H23N3O3/c27-22(16-26-12-4-8-17-6-1-2-11-21(17)26)25-19-9-3-7-18(14-19)23(28)24-15-20-10-5-13-29-20/h1-3,5-7,9-11,13-14H,4,8,12,15-16H2,(H,24,28)(H,25,27). The Hall–Kier alpha value is -3.54. The third-order valence-corrected chi connectivity index (χ3v) is 4.95. The Labute approximate surface area is 169 Å². The van der Waals surface area contributed by atoms with Crippen LogP contribution in [0.4, 0.5) is 11.4 Å². The number of carbonyl (C=O) groups is 2. The van der Waals surface area contributed by atoms with Crippen LogP contribution in [0, 0.1) is 0 Å². The van der Waals surface area contributed by atoms with E-state index in [1.807, 2.05) is 12.1 Å². The van der Waals surface area contributed by atoms with Gasteiger partial charge in [0, 0.05) is 23.5 Å². The number of amides is 2. The number of anilines is 2. The van der Waals surface area contributed by atoms with E-state index < -0.39 is 0 Å². The van der Waals surface area contributed by atoms with Gasteiger partial charge >= 0.3 is 0 Å². The molecule has 1 aliphatic rings. The molecule has 0 aliphatic carbocycles. The van der Waals surface area contributed by atoms with Gasteiger partial charge in [-0.1, -0.05) is 24.3 Å². The van der Waals surface area contributed by atoms with Crippen LogP contribution in [0.1, 0.15) is 28.1 Å². The molecule has 0 saturated heterocycles. The van der Waals surface area contributed by atoms with Crippen molar-refractivity contribution in [3.05, 3.63) is 83.8 Å². The monoisotopic (exact) mass is 389 g/mol. The molecule has 0 bridgehead atoms. The number of benzene rings is 2. The second-order valence-corrected chi connectivity index (χ2v) is 7.04. The van der Waals surface area contributed by atoms with Gasteiger partial charge in [-0.05, 0) is 54.8 Å². The normalized spacial score (nSPS) is 12.9. The van der Waals surface area contributed by atoms with Crippen molar-refractivity contribution in [2.45, 2.75) is 19.4 Å². The molecule has 0 fully saturated rings. The first kappa shape index (κ1) is 18.8. The minimum atomic E-state index is -0.220. The van der Waals surface area contributed by atoms with Crippen LogP contribution in [-0.4, -0.2) is 24.9 Å². The molecule has 2 amide bonds. The van der Waals surface area contributed by atoms with Gasteiger partial charge in [0.25, 0.3) is 5.91 Å². The molecule has 0 radical (unpaired) electrons. The third-order valence-electron chi connectivity index (χ3n) is 4.95. The van der Waals surface area contributed by atoms with Gasteiger partial charge in [0.1, 0.15) is 5.76 Å². The second kappa shape index (κ2) is 8.65. The summed E-state index contributed by atoms with van der Waals surface area (Å²) < 4.78 is 5.22. The van der Waals surface area contributed by atoms with E-state index in [-0.39, 0.29) is 18.4 Å². The zero-order chi connectivity index (χ0) is 20.1. The Morgan fingerprint density at radius 3 is 2.79 bits per heavy atom. The van der Waals surface area contributed by atoms with Crippen LogP contribution in [0.2, 0.25) is 0 Å². The highest BCUT2D eigenvalue weighted by molar-refractivity contribution is 5.98. The second-order valence-electron chi connectivity index (χ2n) is 7.04. The third kappa shape index (κ3) is 4.66. The number of nitrogens with zero attached hydrogens (tertiary/aromatic N) is 1. The summed E-state index contributed by atoms with van der Waals surface area (Å²) in [5.41, 5.74) is 3.49. The summed E-state index contributed by atoms with van der Waals surface area (Å²) in [5, 5.41) is 5.71. The summed E-state index contributed by atoms with van der Waals surface area (Å²) in [4.78, 5) is 27.1. The van der Waals surface area contributed by atoms with E-state index in [0.29, 0.717) is 23.6 Å². The molecule has 3 aromatic rings. The summed E-state index contributed by atoms with van der Waals surface area (Å²) in [7, 11) is 0. The molecule has 148 valence electrons. The molecule has 6 heteroatoms. The summed E-state index contributed by atoms with van der Waals surface area (Å²) >= 11 is 0. The van der Waals surface area contributed by atoms with Crippen molar-refractivity contribution in [2.24, 2.45) is 0 Å². The number of furan rings is 1. The lowest BCUT2D eigenvalue weighted by molar-refractivity contribution is -0.115. The number of nitrogens with one attached hydrogen (secondary N) is 2. The van der Waals surface area contributed by atoms with Crippen molar-refractivity contribution in [3.8, 4) is 0 Å². The number of hydrogen-bond donors (Lipinski definition) is 2. The number of carbonyl (C=O) groups excluding carboxylic acids is 2. The lowest BCUT2D eigenvalue weighted by Crippen LogP contribution is -2.36. The lowest BCUT2D eigenvalue weighted by atomic mass is 10.0. The molecule has 1 aromatic heterocycles. The number of aryl methyl sites for hydroxylation is 1. The maximum atomic E-state index is 12.6. The summed E-state index contributed by atoms with van der Waals surface area (Å²) in [6, 6.07) is 18.7. The van der Waals surface area contributed by atoms with Gasteiger partial charge in [-0.25, -0.2) is 0 Å². The summed E-state index contributed by atoms with van der Waals surface area (Å²) in [5.74, 6) is 0.363. The average Bonchev–Trinajstić information content (AvgIpc) is 3.26. The number of para-hydroxylation sites is 1. The van der Waals surface area contributed by atoms with Gasteiger partial charge in [0.2, 0.25) is 5.91 Å². The first-order chi connectivity index (χ1) is 14.2. The van der Waals surface area contributed by atoms with Crippen LogP contribution in [0.25, 0.3) is 0 Å².